The lowest BCUT2D eigenvalue weighted by atomic mass is 9.89. The minimum atomic E-state index is -0.0406. The number of amides is 1. The molecule has 3 unspecified atom stereocenters. The summed E-state index contributed by atoms with van der Waals surface area (Å²) in [4.78, 5) is 12.0. The lowest BCUT2D eigenvalue weighted by Gasteiger charge is -2.22. The molecule has 0 aromatic heterocycles. The zero-order valence-corrected chi connectivity index (χ0v) is 12.7. The quantitative estimate of drug-likeness (QED) is 0.751. The third-order valence-electron chi connectivity index (χ3n) is 4.76. The van der Waals surface area contributed by atoms with E-state index in [1.807, 2.05) is 6.92 Å². The molecular formula is C16H30N2O. The van der Waals surface area contributed by atoms with Gasteiger partial charge in [-0.15, -0.1) is 0 Å². The van der Waals surface area contributed by atoms with Crippen molar-refractivity contribution in [3.05, 3.63) is 0 Å². The van der Waals surface area contributed by atoms with Gasteiger partial charge in [-0.1, -0.05) is 26.7 Å². The van der Waals surface area contributed by atoms with Gasteiger partial charge in [0, 0.05) is 12.1 Å². The van der Waals surface area contributed by atoms with Gasteiger partial charge in [0.1, 0.15) is 0 Å². The molecule has 0 spiro atoms. The molecule has 0 aromatic rings. The van der Waals surface area contributed by atoms with Gasteiger partial charge >= 0.3 is 0 Å². The van der Waals surface area contributed by atoms with Crippen LogP contribution in [-0.4, -0.2) is 24.0 Å². The summed E-state index contributed by atoms with van der Waals surface area (Å²) >= 11 is 0. The van der Waals surface area contributed by atoms with Crippen molar-refractivity contribution in [2.45, 2.75) is 83.8 Å². The van der Waals surface area contributed by atoms with Gasteiger partial charge in [0.2, 0.25) is 5.91 Å². The van der Waals surface area contributed by atoms with E-state index in [0.717, 1.165) is 24.7 Å². The molecule has 0 bridgehead atoms. The Balaban J connectivity index is 1.73. The largest absolute Gasteiger partial charge is 0.352 e. The fraction of sp³-hybridized carbons (Fsp3) is 0.938. The van der Waals surface area contributed by atoms with Crippen LogP contribution in [0, 0.1) is 11.8 Å². The molecule has 1 amide bonds. The van der Waals surface area contributed by atoms with E-state index in [4.69, 9.17) is 0 Å². The minimum absolute atomic E-state index is 0.0406. The molecule has 2 fully saturated rings. The highest BCUT2D eigenvalue weighted by atomic mass is 16.2. The normalized spacial score (nSPS) is 29.9. The Hall–Kier alpha value is -0.570. The van der Waals surface area contributed by atoms with Crippen molar-refractivity contribution in [3.8, 4) is 0 Å². The maximum absolute atomic E-state index is 12.0. The van der Waals surface area contributed by atoms with Gasteiger partial charge in [-0.3, -0.25) is 4.79 Å². The summed E-state index contributed by atoms with van der Waals surface area (Å²) in [6, 6.07) is 0.959. The van der Waals surface area contributed by atoms with E-state index in [1.165, 1.54) is 32.1 Å². The average molecular weight is 266 g/mol. The molecule has 19 heavy (non-hydrogen) atoms. The van der Waals surface area contributed by atoms with Gasteiger partial charge < -0.3 is 10.6 Å². The van der Waals surface area contributed by atoms with Crippen LogP contribution in [0.2, 0.25) is 0 Å². The second-order valence-electron chi connectivity index (χ2n) is 6.88. The first-order valence-corrected chi connectivity index (χ1v) is 8.12. The topological polar surface area (TPSA) is 41.1 Å². The molecule has 3 nitrogen and oxygen atoms in total. The Kier molecular flexibility index (Phi) is 5.26. The van der Waals surface area contributed by atoms with Gasteiger partial charge in [0.05, 0.1) is 6.04 Å². The SMILES string of the molecule is CC(NC1CCCC(C(C)C)CC1)C(=O)NC1CC1. The first kappa shape index (κ1) is 14.8. The van der Waals surface area contributed by atoms with Gasteiger partial charge in [0.25, 0.3) is 0 Å². The molecule has 2 aliphatic rings. The number of hydrogen-bond acceptors (Lipinski definition) is 2. The van der Waals surface area contributed by atoms with Crippen LogP contribution in [-0.2, 0) is 4.79 Å². The van der Waals surface area contributed by atoms with Crippen LogP contribution in [0.25, 0.3) is 0 Å². The molecule has 3 heteroatoms. The van der Waals surface area contributed by atoms with Crippen molar-refractivity contribution in [2.75, 3.05) is 0 Å². The van der Waals surface area contributed by atoms with Crippen LogP contribution in [0.15, 0.2) is 0 Å². The highest BCUT2D eigenvalue weighted by molar-refractivity contribution is 5.81. The summed E-state index contributed by atoms with van der Waals surface area (Å²) in [6.45, 7) is 6.68. The molecule has 2 N–H and O–H groups in total. The van der Waals surface area contributed by atoms with E-state index in [1.54, 1.807) is 0 Å². The molecule has 0 heterocycles. The first-order valence-electron chi connectivity index (χ1n) is 8.12. The number of carbonyl (C=O) groups excluding carboxylic acids is 1. The van der Waals surface area contributed by atoms with Crippen molar-refractivity contribution < 1.29 is 4.79 Å². The van der Waals surface area contributed by atoms with Gasteiger partial charge in [-0.2, -0.15) is 0 Å². The maximum atomic E-state index is 12.0. The van der Waals surface area contributed by atoms with Crippen molar-refractivity contribution in [3.63, 3.8) is 0 Å². The highest BCUT2D eigenvalue weighted by Gasteiger charge is 2.27. The Bertz CT molecular complexity index is 299. The fourth-order valence-corrected chi connectivity index (χ4v) is 3.15. The first-order chi connectivity index (χ1) is 9.06. The van der Waals surface area contributed by atoms with Crippen LogP contribution < -0.4 is 10.6 Å². The van der Waals surface area contributed by atoms with Gasteiger partial charge in [0.15, 0.2) is 0 Å². The van der Waals surface area contributed by atoms with Crippen LogP contribution in [0.4, 0.5) is 0 Å². The number of nitrogens with one attached hydrogen (secondary N) is 2. The van der Waals surface area contributed by atoms with E-state index < -0.39 is 0 Å². The molecule has 110 valence electrons. The van der Waals surface area contributed by atoms with Crippen molar-refractivity contribution >= 4 is 5.91 Å². The smallest absolute Gasteiger partial charge is 0.237 e. The number of carbonyl (C=O) groups is 1. The minimum Gasteiger partial charge on any atom is -0.352 e. The monoisotopic (exact) mass is 266 g/mol. The van der Waals surface area contributed by atoms with E-state index >= 15 is 0 Å². The summed E-state index contributed by atoms with van der Waals surface area (Å²) in [5.74, 6) is 1.86. The third kappa shape index (κ3) is 4.79. The molecule has 2 saturated carbocycles. The standard InChI is InChI=1S/C16H30N2O/c1-11(2)13-5-4-6-14(8-7-13)17-12(3)16(19)18-15-9-10-15/h11-15,17H,4-10H2,1-3H3,(H,18,19). The third-order valence-corrected chi connectivity index (χ3v) is 4.76. The predicted molar refractivity (Wildman–Crippen MR) is 79.0 cm³/mol. The lowest BCUT2D eigenvalue weighted by Crippen LogP contribution is -2.47. The van der Waals surface area contributed by atoms with E-state index in [0.29, 0.717) is 12.1 Å². The van der Waals surface area contributed by atoms with Crippen LogP contribution in [0.3, 0.4) is 0 Å². The molecule has 2 rings (SSSR count). The summed E-state index contributed by atoms with van der Waals surface area (Å²) in [5, 5.41) is 6.62. The molecule has 0 aromatic carbocycles. The molecule has 0 radical (unpaired) electrons. The summed E-state index contributed by atoms with van der Waals surface area (Å²) in [6.07, 6.45) is 8.76. The predicted octanol–water partition coefficient (Wildman–Crippen LogP) is 2.85. The lowest BCUT2D eigenvalue weighted by molar-refractivity contribution is -0.123. The second-order valence-corrected chi connectivity index (χ2v) is 6.88. The molecular weight excluding hydrogens is 236 g/mol. The number of rotatable bonds is 5. The van der Waals surface area contributed by atoms with Crippen molar-refractivity contribution in [1.82, 2.24) is 10.6 Å². The average Bonchev–Trinajstić information content (AvgIpc) is 3.16. The van der Waals surface area contributed by atoms with Crippen molar-refractivity contribution in [1.29, 1.82) is 0 Å². The number of hydrogen-bond donors (Lipinski definition) is 2. The summed E-state index contributed by atoms with van der Waals surface area (Å²) in [7, 11) is 0. The van der Waals surface area contributed by atoms with Gasteiger partial charge in [-0.05, 0) is 50.9 Å². The Morgan fingerprint density at radius 3 is 2.26 bits per heavy atom. The summed E-state index contributed by atoms with van der Waals surface area (Å²) < 4.78 is 0. The Morgan fingerprint density at radius 1 is 0.947 bits per heavy atom. The highest BCUT2D eigenvalue weighted by Crippen LogP contribution is 2.29. The fourth-order valence-electron chi connectivity index (χ4n) is 3.15. The molecule has 3 atom stereocenters. The van der Waals surface area contributed by atoms with Crippen LogP contribution in [0.1, 0.15) is 65.7 Å². The van der Waals surface area contributed by atoms with Crippen LogP contribution in [0.5, 0.6) is 0 Å². The molecule has 0 saturated heterocycles. The van der Waals surface area contributed by atoms with Crippen molar-refractivity contribution in [2.24, 2.45) is 11.8 Å². The van der Waals surface area contributed by atoms with E-state index in [2.05, 4.69) is 24.5 Å². The Labute approximate surface area is 117 Å². The molecule has 0 aliphatic heterocycles. The maximum Gasteiger partial charge on any atom is 0.237 e. The Morgan fingerprint density at radius 2 is 1.63 bits per heavy atom. The zero-order valence-electron chi connectivity index (χ0n) is 12.7. The molecule has 2 aliphatic carbocycles. The van der Waals surface area contributed by atoms with Gasteiger partial charge in [-0.25, -0.2) is 0 Å². The van der Waals surface area contributed by atoms with E-state index in [-0.39, 0.29) is 11.9 Å². The summed E-state index contributed by atoms with van der Waals surface area (Å²) in [5.41, 5.74) is 0. The zero-order chi connectivity index (χ0) is 13.8. The van der Waals surface area contributed by atoms with Crippen LogP contribution >= 0.6 is 0 Å². The van der Waals surface area contributed by atoms with E-state index in [9.17, 15) is 4.79 Å². The second kappa shape index (κ2) is 6.74.